The maximum Gasteiger partial charge on any atom is 0.272 e. The van der Waals surface area contributed by atoms with Crippen LogP contribution in [-0.2, 0) is 4.79 Å². The summed E-state index contributed by atoms with van der Waals surface area (Å²) in [5, 5.41) is 2.28. The van der Waals surface area contributed by atoms with Crippen molar-refractivity contribution in [2.24, 2.45) is 0 Å². The number of benzene rings is 2. The van der Waals surface area contributed by atoms with Crippen molar-refractivity contribution in [1.29, 1.82) is 0 Å². The molecule has 3 amide bonds. The molecular formula is C17H14F3N3O3. The van der Waals surface area contributed by atoms with E-state index in [0.29, 0.717) is 6.07 Å². The van der Waals surface area contributed by atoms with Gasteiger partial charge in [-0.25, -0.2) is 13.2 Å². The van der Waals surface area contributed by atoms with Gasteiger partial charge in [-0.05, 0) is 24.3 Å². The van der Waals surface area contributed by atoms with Crippen molar-refractivity contribution in [2.45, 2.75) is 6.42 Å². The van der Waals surface area contributed by atoms with Gasteiger partial charge in [0.25, 0.3) is 11.8 Å². The number of carbonyl (C=O) groups is 3. The Hall–Kier alpha value is -3.36. The molecule has 0 aliphatic heterocycles. The van der Waals surface area contributed by atoms with Crippen molar-refractivity contribution >= 4 is 17.7 Å². The Morgan fingerprint density at radius 1 is 0.808 bits per heavy atom. The number of carbonyl (C=O) groups excluding carboxylic acids is 3. The lowest BCUT2D eigenvalue weighted by molar-refractivity contribution is -0.121. The molecule has 0 bridgehead atoms. The Bertz CT molecular complexity index is 843. The highest BCUT2D eigenvalue weighted by Gasteiger charge is 2.14. The second-order valence-corrected chi connectivity index (χ2v) is 5.11. The molecule has 0 spiro atoms. The van der Waals surface area contributed by atoms with E-state index in [9.17, 15) is 27.6 Å². The standard InChI is InChI=1S/C17H14F3N3O3/c18-10-5-6-12(14(20)9-10)16(25)21-8-7-15(24)22-23-17(26)11-3-1-2-4-13(11)19/h1-6,9H,7-8H2,(H,21,25)(H,22,24)(H,23,26). The van der Waals surface area contributed by atoms with Gasteiger partial charge in [0.05, 0.1) is 11.1 Å². The topological polar surface area (TPSA) is 87.3 Å². The molecule has 0 fully saturated rings. The van der Waals surface area contributed by atoms with Gasteiger partial charge in [-0.15, -0.1) is 0 Å². The van der Waals surface area contributed by atoms with E-state index in [-0.39, 0.29) is 24.1 Å². The van der Waals surface area contributed by atoms with Gasteiger partial charge >= 0.3 is 0 Å². The van der Waals surface area contributed by atoms with Crippen LogP contribution in [0.15, 0.2) is 42.5 Å². The summed E-state index contributed by atoms with van der Waals surface area (Å²) in [5.74, 6) is -4.89. The molecule has 3 N–H and O–H groups in total. The van der Waals surface area contributed by atoms with E-state index in [1.807, 2.05) is 5.43 Å². The molecule has 0 heterocycles. The SMILES string of the molecule is O=C(CCNC(=O)c1ccc(F)cc1F)NNC(=O)c1ccccc1F. The summed E-state index contributed by atoms with van der Waals surface area (Å²) in [6.45, 7) is -0.156. The minimum atomic E-state index is -1.02. The zero-order chi connectivity index (χ0) is 19.1. The third-order valence-electron chi connectivity index (χ3n) is 3.25. The van der Waals surface area contributed by atoms with Crippen LogP contribution < -0.4 is 16.2 Å². The van der Waals surface area contributed by atoms with E-state index < -0.39 is 35.2 Å². The molecule has 0 atom stereocenters. The molecule has 6 nitrogen and oxygen atoms in total. The molecule has 136 valence electrons. The summed E-state index contributed by atoms with van der Waals surface area (Å²) in [6.07, 6.45) is -0.230. The average molecular weight is 365 g/mol. The first-order valence-electron chi connectivity index (χ1n) is 7.45. The summed E-state index contributed by atoms with van der Waals surface area (Å²) >= 11 is 0. The van der Waals surface area contributed by atoms with Crippen molar-refractivity contribution in [3.05, 3.63) is 71.0 Å². The second kappa shape index (κ2) is 8.65. The van der Waals surface area contributed by atoms with Crippen LogP contribution in [0.2, 0.25) is 0 Å². The molecule has 26 heavy (non-hydrogen) atoms. The predicted molar refractivity (Wildman–Crippen MR) is 85.3 cm³/mol. The Kier molecular flexibility index (Phi) is 6.31. The highest BCUT2D eigenvalue weighted by atomic mass is 19.1. The Labute approximate surface area is 146 Å². The number of amides is 3. The van der Waals surface area contributed by atoms with Gasteiger partial charge in [-0.1, -0.05) is 12.1 Å². The second-order valence-electron chi connectivity index (χ2n) is 5.11. The largest absolute Gasteiger partial charge is 0.351 e. The minimum absolute atomic E-state index is 0.156. The smallest absolute Gasteiger partial charge is 0.272 e. The number of hydrogen-bond donors (Lipinski definition) is 3. The normalized spacial score (nSPS) is 10.1. The zero-order valence-corrected chi connectivity index (χ0v) is 13.3. The van der Waals surface area contributed by atoms with Gasteiger partial charge in [0.2, 0.25) is 5.91 Å². The van der Waals surface area contributed by atoms with E-state index >= 15 is 0 Å². The van der Waals surface area contributed by atoms with Crippen LogP contribution in [0.1, 0.15) is 27.1 Å². The van der Waals surface area contributed by atoms with Gasteiger partial charge in [-0.2, -0.15) is 0 Å². The first kappa shape index (κ1) is 19.0. The third-order valence-corrected chi connectivity index (χ3v) is 3.25. The summed E-state index contributed by atoms with van der Waals surface area (Å²) < 4.78 is 39.6. The van der Waals surface area contributed by atoms with Crippen molar-refractivity contribution in [1.82, 2.24) is 16.2 Å². The molecule has 0 radical (unpaired) electrons. The third kappa shape index (κ3) is 5.07. The van der Waals surface area contributed by atoms with Crippen LogP contribution >= 0.6 is 0 Å². The van der Waals surface area contributed by atoms with E-state index in [4.69, 9.17) is 0 Å². The first-order valence-corrected chi connectivity index (χ1v) is 7.45. The van der Waals surface area contributed by atoms with E-state index in [1.54, 1.807) is 0 Å². The van der Waals surface area contributed by atoms with Gasteiger partial charge in [0.1, 0.15) is 17.5 Å². The molecule has 0 saturated heterocycles. The predicted octanol–water partition coefficient (Wildman–Crippen LogP) is 1.68. The maximum atomic E-state index is 13.4. The van der Waals surface area contributed by atoms with Crippen LogP contribution in [0.5, 0.6) is 0 Å². The molecule has 0 unspecified atom stereocenters. The zero-order valence-electron chi connectivity index (χ0n) is 13.3. The van der Waals surface area contributed by atoms with Crippen LogP contribution in [0.25, 0.3) is 0 Å². The summed E-state index contributed by atoms with van der Waals surface area (Å²) in [5.41, 5.74) is 3.49. The van der Waals surface area contributed by atoms with Crippen molar-refractivity contribution < 1.29 is 27.6 Å². The number of hydrogen-bond acceptors (Lipinski definition) is 3. The molecule has 0 aromatic heterocycles. The van der Waals surface area contributed by atoms with E-state index in [1.165, 1.54) is 18.2 Å². The molecule has 9 heteroatoms. The molecular weight excluding hydrogens is 351 g/mol. The maximum absolute atomic E-state index is 13.4. The molecule has 2 aromatic carbocycles. The quantitative estimate of drug-likeness (QED) is 0.705. The van der Waals surface area contributed by atoms with Gasteiger partial charge in [-0.3, -0.25) is 25.2 Å². The highest BCUT2D eigenvalue weighted by molar-refractivity contribution is 5.96. The van der Waals surface area contributed by atoms with Crippen LogP contribution in [0.4, 0.5) is 13.2 Å². The monoisotopic (exact) mass is 365 g/mol. The highest BCUT2D eigenvalue weighted by Crippen LogP contribution is 2.09. The number of nitrogens with one attached hydrogen (secondary N) is 3. The molecule has 2 aromatic rings. The van der Waals surface area contributed by atoms with Crippen molar-refractivity contribution in [2.75, 3.05) is 6.54 Å². The van der Waals surface area contributed by atoms with Crippen molar-refractivity contribution in [3.8, 4) is 0 Å². The van der Waals surface area contributed by atoms with E-state index in [2.05, 4.69) is 10.7 Å². The summed E-state index contributed by atoms with van der Waals surface area (Å²) in [4.78, 5) is 35.0. The summed E-state index contributed by atoms with van der Waals surface area (Å²) in [7, 11) is 0. The molecule has 0 saturated carbocycles. The lowest BCUT2D eigenvalue weighted by Gasteiger charge is -2.09. The molecule has 2 rings (SSSR count). The Morgan fingerprint density at radius 2 is 1.50 bits per heavy atom. The summed E-state index contributed by atoms with van der Waals surface area (Å²) in [6, 6.07) is 7.70. The number of hydrazine groups is 1. The van der Waals surface area contributed by atoms with Gasteiger partial charge in [0.15, 0.2) is 0 Å². The van der Waals surface area contributed by atoms with E-state index in [0.717, 1.165) is 18.2 Å². The first-order chi connectivity index (χ1) is 12.4. The number of halogens is 3. The van der Waals surface area contributed by atoms with Crippen molar-refractivity contribution in [3.63, 3.8) is 0 Å². The lowest BCUT2D eigenvalue weighted by atomic mass is 10.2. The Morgan fingerprint density at radius 3 is 2.19 bits per heavy atom. The van der Waals surface area contributed by atoms with Gasteiger partial charge < -0.3 is 5.32 Å². The lowest BCUT2D eigenvalue weighted by Crippen LogP contribution is -2.43. The van der Waals surface area contributed by atoms with Crippen LogP contribution in [0.3, 0.4) is 0 Å². The fraction of sp³-hybridized carbons (Fsp3) is 0.118. The fourth-order valence-electron chi connectivity index (χ4n) is 1.96. The Balaban J connectivity index is 1.76. The number of rotatable bonds is 5. The fourth-order valence-corrected chi connectivity index (χ4v) is 1.96. The minimum Gasteiger partial charge on any atom is -0.351 e. The average Bonchev–Trinajstić information content (AvgIpc) is 2.60. The van der Waals surface area contributed by atoms with Crippen LogP contribution in [0, 0.1) is 17.5 Å². The van der Waals surface area contributed by atoms with Crippen LogP contribution in [-0.4, -0.2) is 24.3 Å². The molecule has 0 aliphatic carbocycles. The van der Waals surface area contributed by atoms with Gasteiger partial charge in [0, 0.05) is 19.0 Å². The molecule has 0 aliphatic rings.